The third-order valence-electron chi connectivity index (χ3n) is 1.88. The minimum absolute atomic E-state index is 0.395. The average Bonchev–Trinajstić information content (AvgIpc) is 2.60. The molecule has 1 rings (SSSR count). The zero-order chi connectivity index (χ0) is 12.9. The summed E-state index contributed by atoms with van der Waals surface area (Å²) < 4.78 is 28.1. The summed E-state index contributed by atoms with van der Waals surface area (Å²) in [6.45, 7) is 5.80. The van der Waals surface area contributed by atoms with Gasteiger partial charge < -0.3 is 4.98 Å². The first kappa shape index (κ1) is 14.1. The molecule has 0 radical (unpaired) electrons. The molecule has 0 saturated carbocycles. The maximum absolute atomic E-state index is 11.6. The first-order chi connectivity index (χ1) is 7.79. The van der Waals surface area contributed by atoms with Gasteiger partial charge in [0.2, 0.25) is 0 Å². The van der Waals surface area contributed by atoms with Crippen LogP contribution < -0.4 is 9.44 Å². The van der Waals surface area contributed by atoms with Crippen LogP contribution in [0.3, 0.4) is 0 Å². The lowest BCUT2D eigenvalue weighted by molar-refractivity contribution is 0.483. The first-order valence-corrected chi connectivity index (χ1v) is 7.04. The van der Waals surface area contributed by atoms with Crippen molar-refractivity contribution in [3.63, 3.8) is 0 Å². The van der Waals surface area contributed by atoms with Crippen LogP contribution in [0.4, 0.5) is 0 Å². The Morgan fingerprint density at radius 3 is 2.65 bits per heavy atom. The number of aryl methyl sites for hydroxylation is 1. The molecule has 0 aliphatic rings. The standard InChI is InChI=1S/C10H20N4O2S/c1-10(2,3)14-17(15,16)13-6-4-5-9-11-7-8-12-9/h7-8,13-14H,4-6H2,1-3H3,(H,11,12). The van der Waals surface area contributed by atoms with Gasteiger partial charge in [-0.05, 0) is 27.2 Å². The summed E-state index contributed by atoms with van der Waals surface area (Å²) in [7, 11) is -3.41. The quantitative estimate of drug-likeness (QED) is 0.653. The zero-order valence-electron chi connectivity index (χ0n) is 10.4. The van der Waals surface area contributed by atoms with Crippen LogP contribution in [-0.2, 0) is 16.6 Å². The molecule has 1 aromatic heterocycles. The Labute approximate surface area is 102 Å². The van der Waals surface area contributed by atoms with E-state index in [1.165, 1.54) is 0 Å². The van der Waals surface area contributed by atoms with E-state index in [-0.39, 0.29) is 0 Å². The van der Waals surface area contributed by atoms with Gasteiger partial charge >= 0.3 is 0 Å². The topological polar surface area (TPSA) is 86.9 Å². The molecular formula is C10H20N4O2S. The maximum atomic E-state index is 11.6. The van der Waals surface area contributed by atoms with Crippen LogP contribution in [0.2, 0.25) is 0 Å². The fourth-order valence-electron chi connectivity index (χ4n) is 1.34. The number of hydrogen-bond acceptors (Lipinski definition) is 3. The molecule has 0 aliphatic heterocycles. The summed E-state index contributed by atoms with van der Waals surface area (Å²) in [5.74, 6) is 0.868. The van der Waals surface area contributed by atoms with Crippen LogP contribution >= 0.6 is 0 Å². The van der Waals surface area contributed by atoms with E-state index in [4.69, 9.17) is 0 Å². The Hall–Kier alpha value is -0.920. The number of nitrogens with one attached hydrogen (secondary N) is 3. The molecule has 0 saturated heterocycles. The lowest BCUT2D eigenvalue weighted by Crippen LogP contribution is -2.47. The van der Waals surface area contributed by atoms with Gasteiger partial charge in [-0.25, -0.2) is 9.71 Å². The predicted molar refractivity (Wildman–Crippen MR) is 66.7 cm³/mol. The van der Waals surface area contributed by atoms with Gasteiger partial charge in [0.15, 0.2) is 0 Å². The Kier molecular flexibility index (Phi) is 4.67. The number of imidazole rings is 1. The molecule has 0 bridgehead atoms. The van der Waals surface area contributed by atoms with E-state index in [1.807, 2.05) is 0 Å². The van der Waals surface area contributed by atoms with Crippen molar-refractivity contribution >= 4 is 10.2 Å². The molecule has 0 atom stereocenters. The smallest absolute Gasteiger partial charge is 0.277 e. The number of H-pyrrole nitrogens is 1. The zero-order valence-corrected chi connectivity index (χ0v) is 11.3. The summed E-state index contributed by atoms with van der Waals surface area (Å²) in [6, 6.07) is 0. The largest absolute Gasteiger partial charge is 0.349 e. The lowest BCUT2D eigenvalue weighted by atomic mass is 10.1. The number of rotatable bonds is 6. The monoisotopic (exact) mass is 260 g/mol. The Morgan fingerprint density at radius 1 is 1.41 bits per heavy atom. The van der Waals surface area contributed by atoms with Gasteiger partial charge in [0, 0.05) is 30.9 Å². The van der Waals surface area contributed by atoms with Gasteiger partial charge in [-0.1, -0.05) is 0 Å². The van der Waals surface area contributed by atoms with E-state index >= 15 is 0 Å². The van der Waals surface area contributed by atoms with Gasteiger partial charge in [-0.3, -0.25) is 0 Å². The molecule has 98 valence electrons. The third kappa shape index (κ3) is 6.40. The van der Waals surface area contributed by atoms with Gasteiger partial charge in [0.05, 0.1) is 0 Å². The molecule has 0 amide bonds. The molecule has 7 heteroatoms. The van der Waals surface area contributed by atoms with Crippen LogP contribution in [0.25, 0.3) is 0 Å². The highest BCUT2D eigenvalue weighted by Gasteiger charge is 2.18. The summed E-state index contributed by atoms with van der Waals surface area (Å²) >= 11 is 0. The summed E-state index contributed by atoms with van der Waals surface area (Å²) in [5, 5.41) is 0. The number of hydrogen-bond donors (Lipinski definition) is 3. The molecule has 0 aliphatic carbocycles. The average molecular weight is 260 g/mol. The first-order valence-electron chi connectivity index (χ1n) is 5.55. The molecule has 0 fully saturated rings. The van der Waals surface area contributed by atoms with E-state index in [2.05, 4.69) is 19.4 Å². The molecule has 0 spiro atoms. The highest BCUT2D eigenvalue weighted by molar-refractivity contribution is 7.87. The molecule has 0 aromatic carbocycles. The van der Waals surface area contributed by atoms with Gasteiger partial charge in [-0.15, -0.1) is 0 Å². The molecule has 17 heavy (non-hydrogen) atoms. The normalized spacial score (nSPS) is 12.9. The highest BCUT2D eigenvalue weighted by Crippen LogP contribution is 2.00. The van der Waals surface area contributed by atoms with Crippen LogP contribution in [0, 0.1) is 0 Å². The fourth-order valence-corrected chi connectivity index (χ4v) is 2.63. The molecule has 0 unspecified atom stereocenters. The van der Waals surface area contributed by atoms with Crippen molar-refractivity contribution in [1.29, 1.82) is 0 Å². The van der Waals surface area contributed by atoms with E-state index in [9.17, 15) is 8.42 Å². The Balaban J connectivity index is 2.26. The summed E-state index contributed by atoms with van der Waals surface area (Å²) in [4.78, 5) is 7.03. The second kappa shape index (κ2) is 5.61. The number of aromatic nitrogens is 2. The Morgan fingerprint density at radius 2 is 2.12 bits per heavy atom. The van der Waals surface area contributed by atoms with E-state index in [0.29, 0.717) is 13.0 Å². The van der Waals surface area contributed by atoms with Crippen molar-refractivity contribution < 1.29 is 8.42 Å². The summed E-state index contributed by atoms with van der Waals surface area (Å²) in [6.07, 6.45) is 4.87. The van der Waals surface area contributed by atoms with Crippen molar-refractivity contribution in [3.05, 3.63) is 18.2 Å². The van der Waals surface area contributed by atoms with Crippen molar-refractivity contribution in [1.82, 2.24) is 19.4 Å². The predicted octanol–water partition coefficient (Wildman–Crippen LogP) is 0.565. The van der Waals surface area contributed by atoms with E-state index in [1.54, 1.807) is 33.2 Å². The minimum atomic E-state index is -3.41. The molecule has 1 aromatic rings. The molecular weight excluding hydrogens is 240 g/mol. The third-order valence-corrected chi connectivity index (χ3v) is 3.34. The summed E-state index contributed by atoms with van der Waals surface area (Å²) in [5.41, 5.74) is -0.465. The number of nitrogens with zero attached hydrogens (tertiary/aromatic N) is 1. The van der Waals surface area contributed by atoms with Crippen LogP contribution in [0.15, 0.2) is 12.4 Å². The van der Waals surface area contributed by atoms with E-state index < -0.39 is 15.7 Å². The van der Waals surface area contributed by atoms with Gasteiger partial charge in [0.25, 0.3) is 10.2 Å². The van der Waals surface area contributed by atoms with Crippen LogP contribution in [0.5, 0.6) is 0 Å². The van der Waals surface area contributed by atoms with Gasteiger partial charge in [0.1, 0.15) is 5.82 Å². The molecule has 6 nitrogen and oxygen atoms in total. The van der Waals surface area contributed by atoms with Crippen molar-refractivity contribution in [2.75, 3.05) is 6.54 Å². The maximum Gasteiger partial charge on any atom is 0.277 e. The lowest BCUT2D eigenvalue weighted by Gasteiger charge is -2.20. The minimum Gasteiger partial charge on any atom is -0.349 e. The molecule has 3 N–H and O–H groups in total. The van der Waals surface area contributed by atoms with Gasteiger partial charge in [-0.2, -0.15) is 13.1 Å². The van der Waals surface area contributed by atoms with Crippen LogP contribution in [0.1, 0.15) is 33.0 Å². The van der Waals surface area contributed by atoms with Crippen molar-refractivity contribution in [3.8, 4) is 0 Å². The SMILES string of the molecule is CC(C)(C)NS(=O)(=O)NCCCc1ncc[nH]1. The van der Waals surface area contributed by atoms with E-state index in [0.717, 1.165) is 12.2 Å². The van der Waals surface area contributed by atoms with Crippen molar-refractivity contribution in [2.24, 2.45) is 0 Å². The Bertz CT molecular complexity index is 420. The second-order valence-corrected chi connectivity index (χ2v) is 6.39. The van der Waals surface area contributed by atoms with Crippen LogP contribution in [-0.4, -0.2) is 30.5 Å². The molecule has 1 heterocycles. The fraction of sp³-hybridized carbons (Fsp3) is 0.700. The highest BCUT2D eigenvalue weighted by atomic mass is 32.2. The second-order valence-electron chi connectivity index (χ2n) is 4.89. The number of aromatic amines is 1. The van der Waals surface area contributed by atoms with Crippen molar-refractivity contribution in [2.45, 2.75) is 39.2 Å².